The van der Waals surface area contributed by atoms with Crippen LogP contribution in [0, 0.1) is 0 Å². The lowest BCUT2D eigenvalue weighted by atomic mass is 10.00. The molecular weight excluding hydrogens is 519 g/mol. The summed E-state index contributed by atoms with van der Waals surface area (Å²) >= 11 is 0. The highest BCUT2D eigenvalue weighted by Crippen LogP contribution is 2.27. The molecule has 1 amide bonds. The summed E-state index contributed by atoms with van der Waals surface area (Å²) in [6, 6.07) is 14.2. The fraction of sp³-hybridized carbons (Fsp3) is 0.417. The highest BCUT2D eigenvalue weighted by molar-refractivity contribution is 14.0. The molecule has 2 aromatic carbocycles. The van der Waals surface area contributed by atoms with Crippen LogP contribution in [0.5, 0.6) is 11.5 Å². The van der Waals surface area contributed by atoms with Crippen LogP contribution in [0.2, 0.25) is 0 Å². The molecule has 174 valence electrons. The second-order valence-corrected chi connectivity index (χ2v) is 7.40. The molecule has 0 spiro atoms. The summed E-state index contributed by atoms with van der Waals surface area (Å²) in [7, 11) is 3.26. The molecule has 0 bridgehead atoms. The molecule has 2 aromatic rings. The predicted molar refractivity (Wildman–Crippen MR) is 138 cm³/mol. The van der Waals surface area contributed by atoms with Crippen LogP contribution in [-0.2, 0) is 24.2 Å². The number of hydrogen-bond donors (Lipinski definition) is 2. The Hall–Kier alpha value is -2.49. The average molecular weight is 552 g/mol. The second kappa shape index (κ2) is 13.1. The lowest BCUT2D eigenvalue weighted by Crippen LogP contribution is -2.41. The van der Waals surface area contributed by atoms with E-state index in [9.17, 15) is 4.79 Å². The van der Waals surface area contributed by atoms with Gasteiger partial charge in [0.15, 0.2) is 17.5 Å². The number of nitrogens with zero attached hydrogens (tertiary/aromatic N) is 2. The third-order valence-corrected chi connectivity index (χ3v) is 5.35. The lowest BCUT2D eigenvalue weighted by Gasteiger charge is -2.28. The zero-order valence-corrected chi connectivity index (χ0v) is 21.3. The summed E-state index contributed by atoms with van der Waals surface area (Å²) < 4.78 is 10.6. The molecule has 32 heavy (non-hydrogen) atoms. The Morgan fingerprint density at radius 2 is 1.81 bits per heavy atom. The normalized spacial score (nSPS) is 13.0. The fourth-order valence-corrected chi connectivity index (χ4v) is 3.66. The van der Waals surface area contributed by atoms with E-state index in [1.807, 2.05) is 36.1 Å². The number of carbonyl (C=O) groups is 1. The largest absolute Gasteiger partial charge is 0.493 e. The summed E-state index contributed by atoms with van der Waals surface area (Å²) in [6.45, 7) is 4.96. The van der Waals surface area contributed by atoms with E-state index in [2.05, 4.69) is 33.8 Å². The molecule has 1 heterocycles. The van der Waals surface area contributed by atoms with Gasteiger partial charge in [-0.1, -0.05) is 30.3 Å². The number of amides is 1. The van der Waals surface area contributed by atoms with Gasteiger partial charge in [-0.05, 0) is 48.6 Å². The molecule has 0 aromatic heterocycles. The minimum atomic E-state index is 0. The smallest absolute Gasteiger partial charge is 0.244 e. The SMILES string of the molecule is CCNC(=NCC(=O)N1CCc2ccccc2C1)NCCc1ccc(OC)c(OC)c1.I. The quantitative estimate of drug-likeness (QED) is 0.299. The van der Waals surface area contributed by atoms with Crippen LogP contribution in [-0.4, -0.2) is 57.2 Å². The van der Waals surface area contributed by atoms with E-state index in [0.29, 0.717) is 30.5 Å². The molecule has 3 rings (SSSR count). The predicted octanol–water partition coefficient (Wildman–Crippen LogP) is 3.00. The van der Waals surface area contributed by atoms with Gasteiger partial charge in [-0.15, -0.1) is 24.0 Å². The molecule has 0 saturated heterocycles. The Morgan fingerprint density at radius 3 is 2.53 bits per heavy atom. The van der Waals surface area contributed by atoms with Crippen molar-refractivity contribution in [2.45, 2.75) is 26.3 Å². The van der Waals surface area contributed by atoms with Crippen molar-refractivity contribution < 1.29 is 14.3 Å². The zero-order valence-electron chi connectivity index (χ0n) is 19.0. The van der Waals surface area contributed by atoms with Gasteiger partial charge in [-0.2, -0.15) is 0 Å². The first kappa shape index (κ1) is 25.8. The van der Waals surface area contributed by atoms with Crippen LogP contribution in [0.3, 0.4) is 0 Å². The van der Waals surface area contributed by atoms with Gasteiger partial charge in [0.1, 0.15) is 6.54 Å². The number of aliphatic imine (C=N–C) groups is 1. The number of hydrogen-bond acceptors (Lipinski definition) is 4. The van der Waals surface area contributed by atoms with E-state index in [0.717, 1.165) is 31.5 Å². The molecule has 1 aliphatic rings. The summed E-state index contributed by atoms with van der Waals surface area (Å²) in [5.41, 5.74) is 3.69. The van der Waals surface area contributed by atoms with E-state index < -0.39 is 0 Å². The first-order valence-electron chi connectivity index (χ1n) is 10.7. The molecule has 8 heteroatoms. The highest BCUT2D eigenvalue weighted by Gasteiger charge is 2.20. The van der Waals surface area contributed by atoms with E-state index in [4.69, 9.17) is 9.47 Å². The maximum Gasteiger partial charge on any atom is 0.244 e. The van der Waals surface area contributed by atoms with Crippen molar-refractivity contribution in [1.82, 2.24) is 15.5 Å². The van der Waals surface area contributed by atoms with Crippen molar-refractivity contribution in [3.05, 3.63) is 59.2 Å². The lowest BCUT2D eigenvalue weighted by molar-refractivity contribution is -0.130. The van der Waals surface area contributed by atoms with Crippen LogP contribution in [0.25, 0.3) is 0 Å². The topological polar surface area (TPSA) is 75.2 Å². The monoisotopic (exact) mass is 552 g/mol. The van der Waals surface area contributed by atoms with Gasteiger partial charge < -0.3 is 25.0 Å². The van der Waals surface area contributed by atoms with Gasteiger partial charge >= 0.3 is 0 Å². The summed E-state index contributed by atoms with van der Waals surface area (Å²) in [5.74, 6) is 2.13. The van der Waals surface area contributed by atoms with Crippen molar-refractivity contribution >= 4 is 35.8 Å². The Balaban J connectivity index is 0.00000363. The van der Waals surface area contributed by atoms with Crippen molar-refractivity contribution in [2.75, 3.05) is 40.4 Å². The molecule has 2 N–H and O–H groups in total. The van der Waals surface area contributed by atoms with Gasteiger partial charge in [0.05, 0.1) is 14.2 Å². The van der Waals surface area contributed by atoms with Gasteiger partial charge in [0, 0.05) is 26.2 Å². The number of fused-ring (bicyclic) bond motifs is 1. The average Bonchev–Trinajstić information content (AvgIpc) is 2.81. The van der Waals surface area contributed by atoms with Crippen molar-refractivity contribution in [1.29, 1.82) is 0 Å². The molecule has 0 atom stereocenters. The fourth-order valence-electron chi connectivity index (χ4n) is 3.66. The van der Waals surface area contributed by atoms with Gasteiger partial charge in [0.2, 0.25) is 5.91 Å². The third-order valence-electron chi connectivity index (χ3n) is 5.35. The number of rotatable bonds is 8. The Bertz CT molecular complexity index is 920. The number of carbonyl (C=O) groups excluding carboxylic acids is 1. The summed E-state index contributed by atoms with van der Waals surface area (Å²) in [5, 5.41) is 6.51. The Morgan fingerprint density at radius 1 is 1.06 bits per heavy atom. The number of benzene rings is 2. The molecular formula is C24H33IN4O3. The van der Waals surface area contributed by atoms with Crippen molar-refractivity contribution in [3.8, 4) is 11.5 Å². The van der Waals surface area contributed by atoms with Crippen LogP contribution in [0.4, 0.5) is 0 Å². The first-order chi connectivity index (χ1) is 15.1. The Kier molecular flexibility index (Phi) is 10.6. The molecule has 0 fully saturated rings. The minimum Gasteiger partial charge on any atom is -0.493 e. The number of methoxy groups -OCH3 is 2. The zero-order chi connectivity index (χ0) is 22.1. The molecule has 0 unspecified atom stereocenters. The van der Waals surface area contributed by atoms with Crippen LogP contribution < -0.4 is 20.1 Å². The van der Waals surface area contributed by atoms with E-state index in [-0.39, 0.29) is 36.4 Å². The van der Waals surface area contributed by atoms with Crippen molar-refractivity contribution in [3.63, 3.8) is 0 Å². The highest BCUT2D eigenvalue weighted by atomic mass is 127. The maximum absolute atomic E-state index is 12.7. The van der Waals surface area contributed by atoms with Crippen LogP contribution >= 0.6 is 24.0 Å². The first-order valence-corrected chi connectivity index (χ1v) is 10.7. The second-order valence-electron chi connectivity index (χ2n) is 7.40. The van der Waals surface area contributed by atoms with E-state index in [1.165, 1.54) is 11.1 Å². The van der Waals surface area contributed by atoms with Crippen LogP contribution in [0.15, 0.2) is 47.5 Å². The third kappa shape index (κ3) is 7.01. The van der Waals surface area contributed by atoms with Gasteiger partial charge in [-0.3, -0.25) is 4.79 Å². The van der Waals surface area contributed by atoms with Gasteiger partial charge in [-0.25, -0.2) is 4.99 Å². The minimum absolute atomic E-state index is 0. The number of nitrogens with one attached hydrogen (secondary N) is 2. The molecule has 0 aliphatic carbocycles. The van der Waals surface area contributed by atoms with E-state index in [1.54, 1.807) is 14.2 Å². The number of halogens is 1. The number of guanidine groups is 1. The standard InChI is InChI=1S/C24H32N4O3.HI/c1-4-25-24(26-13-11-18-9-10-21(30-2)22(15-18)31-3)27-16-23(29)28-14-12-19-7-5-6-8-20(19)17-28;/h5-10,15H,4,11-14,16-17H2,1-3H3,(H2,25,26,27);1H. The van der Waals surface area contributed by atoms with E-state index >= 15 is 0 Å². The Labute approximate surface area is 207 Å². The molecule has 7 nitrogen and oxygen atoms in total. The summed E-state index contributed by atoms with van der Waals surface area (Å²) in [4.78, 5) is 19.1. The molecule has 0 radical (unpaired) electrons. The maximum atomic E-state index is 12.7. The summed E-state index contributed by atoms with van der Waals surface area (Å²) in [6.07, 6.45) is 1.69. The molecule has 1 aliphatic heterocycles. The van der Waals surface area contributed by atoms with Crippen LogP contribution in [0.1, 0.15) is 23.6 Å². The number of ether oxygens (including phenoxy) is 2. The van der Waals surface area contributed by atoms with Crippen molar-refractivity contribution in [2.24, 2.45) is 4.99 Å². The molecule has 0 saturated carbocycles. The van der Waals surface area contributed by atoms with Gasteiger partial charge in [0.25, 0.3) is 0 Å².